The molecule has 0 spiro atoms. The van der Waals surface area contributed by atoms with Crippen LogP contribution in [0, 0.1) is 24.5 Å². The molecule has 0 unspecified atom stereocenters. The molecule has 0 saturated carbocycles. The number of rotatable bonds is 7. The number of hydrogen-bond donors (Lipinski definition) is 1. The third kappa shape index (κ3) is 6.40. The maximum Gasteiger partial charge on any atom is 0.147 e. The van der Waals surface area contributed by atoms with Gasteiger partial charge in [0.05, 0.1) is 5.69 Å². The lowest BCUT2D eigenvalue weighted by Gasteiger charge is -2.24. The molecule has 2 aromatic rings. The van der Waals surface area contributed by atoms with Crippen LogP contribution in [0.3, 0.4) is 0 Å². The Balaban J connectivity index is 0.00000139. The summed E-state index contributed by atoms with van der Waals surface area (Å²) in [6.07, 6.45) is 9.63. The standard InChI is InChI=1S/C16H17ClF2N2S.C2H2/c17-12-3-6-14(7-4-12)22-21(10-2-1-9-20)16-11-13(18)5-8-15(16)19;1-2/h3-8,11H,1-2,9-10,20H2;1-2H. The van der Waals surface area contributed by atoms with Crippen LogP contribution in [-0.4, -0.2) is 13.1 Å². The zero-order valence-corrected chi connectivity index (χ0v) is 14.7. The maximum atomic E-state index is 14.0. The van der Waals surface area contributed by atoms with E-state index in [0.29, 0.717) is 18.1 Å². The van der Waals surface area contributed by atoms with Crippen molar-refractivity contribution in [3.8, 4) is 12.8 Å². The van der Waals surface area contributed by atoms with Crippen molar-refractivity contribution in [2.24, 2.45) is 5.73 Å². The number of anilines is 1. The Morgan fingerprint density at radius 1 is 1.04 bits per heavy atom. The van der Waals surface area contributed by atoms with Gasteiger partial charge in [0.1, 0.15) is 11.6 Å². The van der Waals surface area contributed by atoms with Crippen LogP contribution in [0.15, 0.2) is 47.4 Å². The number of halogens is 3. The highest BCUT2D eigenvalue weighted by molar-refractivity contribution is 8.00. The largest absolute Gasteiger partial charge is 0.330 e. The molecule has 0 aromatic heterocycles. The highest BCUT2D eigenvalue weighted by Crippen LogP contribution is 2.32. The molecule has 24 heavy (non-hydrogen) atoms. The van der Waals surface area contributed by atoms with E-state index in [1.807, 2.05) is 12.1 Å². The molecule has 0 aliphatic carbocycles. The van der Waals surface area contributed by atoms with Gasteiger partial charge >= 0.3 is 0 Å². The van der Waals surface area contributed by atoms with Crippen molar-refractivity contribution < 1.29 is 8.78 Å². The van der Waals surface area contributed by atoms with Gasteiger partial charge in [-0.25, -0.2) is 8.78 Å². The van der Waals surface area contributed by atoms with E-state index in [1.54, 1.807) is 16.4 Å². The molecule has 0 saturated heterocycles. The monoisotopic (exact) mass is 368 g/mol. The first-order valence-corrected chi connectivity index (χ1v) is 8.45. The van der Waals surface area contributed by atoms with E-state index >= 15 is 0 Å². The van der Waals surface area contributed by atoms with E-state index in [9.17, 15) is 8.78 Å². The van der Waals surface area contributed by atoms with Crippen LogP contribution in [0.1, 0.15) is 12.8 Å². The highest BCUT2D eigenvalue weighted by atomic mass is 35.5. The molecule has 0 fully saturated rings. The predicted molar refractivity (Wildman–Crippen MR) is 99.2 cm³/mol. The van der Waals surface area contributed by atoms with Crippen LogP contribution in [0.4, 0.5) is 14.5 Å². The van der Waals surface area contributed by atoms with Crippen LogP contribution >= 0.6 is 23.5 Å². The average Bonchev–Trinajstić information content (AvgIpc) is 2.60. The Labute approximate surface area is 151 Å². The summed E-state index contributed by atoms with van der Waals surface area (Å²) >= 11 is 7.22. The molecule has 0 amide bonds. The molecule has 2 nitrogen and oxygen atoms in total. The number of benzene rings is 2. The van der Waals surface area contributed by atoms with Crippen molar-refractivity contribution in [1.29, 1.82) is 0 Å². The number of terminal acetylenes is 1. The van der Waals surface area contributed by atoms with Crippen LogP contribution in [-0.2, 0) is 0 Å². The van der Waals surface area contributed by atoms with E-state index in [4.69, 9.17) is 17.3 Å². The molecule has 0 atom stereocenters. The molecule has 0 radical (unpaired) electrons. The fraction of sp³-hybridized carbons (Fsp3) is 0.222. The number of nitrogens with zero attached hydrogens (tertiary/aromatic N) is 1. The lowest BCUT2D eigenvalue weighted by molar-refractivity contribution is 0.599. The lowest BCUT2D eigenvalue weighted by atomic mass is 10.2. The van der Waals surface area contributed by atoms with E-state index in [1.165, 1.54) is 18.0 Å². The molecule has 2 N–H and O–H groups in total. The Morgan fingerprint density at radius 2 is 1.71 bits per heavy atom. The first kappa shape index (κ1) is 20.3. The first-order valence-electron chi connectivity index (χ1n) is 7.29. The average molecular weight is 369 g/mol. The van der Waals surface area contributed by atoms with Crippen molar-refractivity contribution in [3.63, 3.8) is 0 Å². The summed E-state index contributed by atoms with van der Waals surface area (Å²) in [4.78, 5) is 0.904. The van der Waals surface area contributed by atoms with Gasteiger partial charge in [-0.1, -0.05) is 11.6 Å². The lowest BCUT2D eigenvalue weighted by Crippen LogP contribution is -2.18. The Morgan fingerprint density at radius 3 is 2.33 bits per heavy atom. The molecule has 0 aliphatic rings. The zero-order chi connectivity index (χ0) is 17.9. The third-order valence-corrected chi connectivity index (χ3v) is 4.36. The van der Waals surface area contributed by atoms with Crippen LogP contribution < -0.4 is 10.0 Å². The summed E-state index contributed by atoms with van der Waals surface area (Å²) in [7, 11) is 0. The minimum Gasteiger partial charge on any atom is -0.330 e. The minimum atomic E-state index is -0.461. The highest BCUT2D eigenvalue weighted by Gasteiger charge is 2.14. The van der Waals surface area contributed by atoms with Crippen molar-refractivity contribution in [1.82, 2.24) is 0 Å². The second kappa shape index (κ2) is 10.9. The Bertz CT molecular complexity index is 647. The van der Waals surface area contributed by atoms with E-state index in [0.717, 1.165) is 29.9 Å². The topological polar surface area (TPSA) is 29.3 Å². The van der Waals surface area contributed by atoms with Gasteiger partial charge in [0.2, 0.25) is 0 Å². The summed E-state index contributed by atoms with van der Waals surface area (Å²) in [5, 5.41) is 0.635. The first-order chi connectivity index (χ1) is 11.6. The Kier molecular flexibility index (Phi) is 9.24. The van der Waals surface area contributed by atoms with E-state index in [2.05, 4.69) is 12.8 Å². The fourth-order valence-electron chi connectivity index (χ4n) is 1.91. The summed E-state index contributed by atoms with van der Waals surface area (Å²) in [5.41, 5.74) is 5.74. The van der Waals surface area contributed by atoms with Gasteiger partial charge in [0.25, 0.3) is 0 Å². The van der Waals surface area contributed by atoms with Gasteiger partial charge in [-0.3, -0.25) is 0 Å². The SMILES string of the molecule is C#C.NCCCCN(Sc1ccc(Cl)cc1)c1cc(F)ccc1F. The van der Waals surface area contributed by atoms with E-state index < -0.39 is 11.6 Å². The normalized spacial score (nSPS) is 9.92. The maximum absolute atomic E-state index is 14.0. The van der Waals surface area contributed by atoms with Gasteiger partial charge in [0.15, 0.2) is 0 Å². The number of hydrogen-bond acceptors (Lipinski definition) is 3. The number of nitrogens with two attached hydrogens (primary N) is 1. The van der Waals surface area contributed by atoms with Crippen LogP contribution in [0.2, 0.25) is 5.02 Å². The van der Waals surface area contributed by atoms with Crippen molar-refractivity contribution in [2.75, 3.05) is 17.4 Å². The molecular formula is C18H19ClF2N2S. The molecule has 0 aliphatic heterocycles. The van der Waals surface area contributed by atoms with E-state index in [-0.39, 0.29) is 5.69 Å². The molecule has 128 valence electrons. The van der Waals surface area contributed by atoms with Gasteiger partial charge in [0, 0.05) is 22.5 Å². The molecule has 6 heteroatoms. The Hall–Kier alpha value is -1.74. The fourth-order valence-corrected chi connectivity index (χ4v) is 3.01. The molecule has 0 bridgehead atoms. The van der Waals surface area contributed by atoms with Gasteiger partial charge in [-0.2, -0.15) is 0 Å². The zero-order valence-electron chi connectivity index (χ0n) is 13.1. The third-order valence-electron chi connectivity index (χ3n) is 3.02. The molecular weight excluding hydrogens is 350 g/mol. The quantitative estimate of drug-likeness (QED) is 0.418. The van der Waals surface area contributed by atoms with Crippen LogP contribution in [0.5, 0.6) is 0 Å². The van der Waals surface area contributed by atoms with Crippen molar-refractivity contribution >= 4 is 29.2 Å². The van der Waals surface area contributed by atoms with Gasteiger partial charge in [-0.05, 0) is 67.7 Å². The van der Waals surface area contributed by atoms with Gasteiger partial charge < -0.3 is 10.0 Å². The summed E-state index contributed by atoms with van der Waals surface area (Å²) in [6, 6.07) is 10.7. The van der Waals surface area contributed by atoms with Crippen molar-refractivity contribution in [3.05, 3.63) is 59.1 Å². The summed E-state index contributed by atoms with van der Waals surface area (Å²) < 4.78 is 29.2. The second-order valence-electron chi connectivity index (χ2n) is 4.74. The van der Waals surface area contributed by atoms with Gasteiger partial charge in [-0.15, -0.1) is 12.8 Å². The molecule has 2 rings (SSSR count). The molecule has 2 aromatic carbocycles. The summed E-state index contributed by atoms with van der Waals surface area (Å²) in [6.45, 7) is 1.15. The second-order valence-corrected chi connectivity index (χ2v) is 6.27. The smallest absolute Gasteiger partial charge is 0.147 e. The predicted octanol–water partition coefficient (Wildman–Crippen LogP) is 5.12. The minimum absolute atomic E-state index is 0.233. The van der Waals surface area contributed by atoms with Crippen LogP contribution in [0.25, 0.3) is 0 Å². The van der Waals surface area contributed by atoms with Crippen molar-refractivity contribution in [2.45, 2.75) is 17.7 Å². The number of unbranched alkanes of at least 4 members (excludes halogenated alkanes) is 1. The summed E-state index contributed by atoms with van der Waals surface area (Å²) in [5.74, 6) is -0.910. The molecule has 0 heterocycles.